The Hall–Kier alpha value is -0.710. The number of carboxylic acids is 1. The molecule has 0 radical (unpaired) electrons. The van der Waals surface area contributed by atoms with Crippen LogP contribution in [0.5, 0.6) is 0 Å². The van der Waals surface area contributed by atoms with Crippen molar-refractivity contribution in [2.45, 2.75) is 17.8 Å². The van der Waals surface area contributed by atoms with Crippen molar-refractivity contribution in [3.63, 3.8) is 0 Å². The molecule has 0 aromatic heterocycles. The quantitative estimate of drug-likeness (QED) is 0.855. The highest BCUT2D eigenvalue weighted by atomic mass is 35.5. The molecule has 5 heteroatoms. The smallest absolute Gasteiger partial charge is 0.320 e. The molecule has 86 valence electrons. The maximum absolute atomic E-state index is 10.9. The predicted octanol–water partition coefficient (Wildman–Crippen LogP) is 2.52. The van der Waals surface area contributed by atoms with Crippen molar-refractivity contribution < 1.29 is 9.90 Å². The van der Waals surface area contributed by atoms with Gasteiger partial charge in [0.25, 0.3) is 0 Å². The van der Waals surface area contributed by atoms with Crippen LogP contribution in [0.3, 0.4) is 0 Å². The van der Waals surface area contributed by atoms with E-state index in [2.05, 4.69) is 5.32 Å². The van der Waals surface area contributed by atoms with E-state index in [-0.39, 0.29) is 5.37 Å². The van der Waals surface area contributed by atoms with Gasteiger partial charge in [-0.1, -0.05) is 29.8 Å². The number of rotatable bonds is 2. The van der Waals surface area contributed by atoms with Gasteiger partial charge in [0.05, 0.1) is 5.37 Å². The van der Waals surface area contributed by atoms with Crippen LogP contribution in [0.25, 0.3) is 0 Å². The number of thioether (sulfide) groups is 1. The Balaban J connectivity index is 2.16. The molecule has 16 heavy (non-hydrogen) atoms. The fraction of sp³-hybridized carbons (Fsp3) is 0.364. The fourth-order valence-electron chi connectivity index (χ4n) is 1.68. The van der Waals surface area contributed by atoms with E-state index in [0.29, 0.717) is 11.4 Å². The number of carboxylic acid groups (broad SMARTS) is 1. The molecule has 1 heterocycles. The molecule has 1 aliphatic rings. The van der Waals surface area contributed by atoms with Gasteiger partial charge in [-0.3, -0.25) is 10.1 Å². The molecule has 1 saturated heterocycles. The van der Waals surface area contributed by atoms with Crippen LogP contribution in [0, 0.1) is 0 Å². The first-order chi connectivity index (χ1) is 7.68. The normalized spacial score (nSPS) is 25.3. The Morgan fingerprint density at radius 1 is 1.50 bits per heavy atom. The summed E-state index contributed by atoms with van der Waals surface area (Å²) in [5, 5.41) is 12.7. The number of hydrogen-bond acceptors (Lipinski definition) is 3. The van der Waals surface area contributed by atoms with Crippen LogP contribution in [-0.4, -0.2) is 22.9 Å². The van der Waals surface area contributed by atoms with Gasteiger partial charge in [-0.15, -0.1) is 11.8 Å². The van der Waals surface area contributed by atoms with Crippen LogP contribution in [0.4, 0.5) is 0 Å². The second-order valence-electron chi connectivity index (χ2n) is 3.62. The van der Waals surface area contributed by atoms with Gasteiger partial charge in [0.2, 0.25) is 0 Å². The van der Waals surface area contributed by atoms with Crippen molar-refractivity contribution in [2.24, 2.45) is 0 Å². The maximum Gasteiger partial charge on any atom is 0.320 e. The fourth-order valence-corrected chi connectivity index (χ4v) is 3.24. The number of halogens is 1. The molecule has 0 saturated carbocycles. The van der Waals surface area contributed by atoms with E-state index in [0.717, 1.165) is 11.3 Å². The molecule has 2 rings (SSSR count). The molecule has 2 unspecified atom stereocenters. The van der Waals surface area contributed by atoms with Gasteiger partial charge < -0.3 is 5.11 Å². The predicted molar refractivity (Wildman–Crippen MR) is 65.8 cm³/mol. The number of carbonyl (C=O) groups is 1. The first-order valence-corrected chi connectivity index (χ1v) is 6.46. The van der Waals surface area contributed by atoms with E-state index in [4.69, 9.17) is 16.7 Å². The third-order valence-electron chi connectivity index (χ3n) is 2.53. The third kappa shape index (κ3) is 2.51. The summed E-state index contributed by atoms with van der Waals surface area (Å²) < 4.78 is 0. The number of hydrogen-bond donors (Lipinski definition) is 2. The lowest BCUT2D eigenvalue weighted by atomic mass is 10.1. The van der Waals surface area contributed by atoms with Gasteiger partial charge >= 0.3 is 5.97 Å². The van der Waals surface area contributed by atoms with Gasteiger partial charge in [-0.25, -0.2) is 0 Å². The summed E-state index contributed by atoms with van der Waals surface area (Å²) in [5.74, 6) is 0.0391. The zero-order chi connectivity index (χ0) is 11.5. The molecule has 0 amide bonds. The topological polar surface area (TPSA) is 49.3 Å². The zero-order valence-corrected chi connectivity index (χ0v) is 10.1. The molecule has 1 aromatic rings. The second-order valence-corrected chi connectivity index (χ2v) is 5.24. The van der Waals surface area contributed by atoms with E-state index in [1.807, 2.05) is 24.3 Å². The van der Waals surface area contributed by atoms with Crippen molar-refractivity contribution in [3.05, 3.63) is 34.9 Å². The molecule has 0 bridgehead atoms. The van der Waals surface area contributed by atoms with E-state index >= 15 is 0 Å². The lowest BCUT2D eigenvalue weighted by Gasteiger charge is -2.28. The van der Waals surface area contributed by atoms with Crippen molar-refractivity contribution >= 4 is 29.3 Å². The standard InChI is InChI=1S/C11H12ClNO2S/c12-8-4-2-1-3-7(8)10-13-9(11(14)15)5-6-16-10/h1-4,9-10,13H,5-6H2,(H,14,15). The summed E-state index contributed by atoms with van der Waals surface area (Å²) in [6.45, 7) is 0. The Kier molecular flexibility index (Phi) is 3.74. The average Bonchev–Trinajstić information content (AvgIpc) is 2.30. The number of nitrogens with one attached hydrogen (secondary N) is 1. The first-order valence-electron chi connectivity index (χ1n) is 5.03. The SMILES string of the molecule is O=C(O)C1CCSC(c2ccccc2Cl)N1. The summed E-state index contributed by atoms with van der Waals surface area (Å²) in [6.07, 6.45) is 0.654. The first kappa shape index (κ1) is 11.8. The zero-order valence-electron chi connectivity index (χ0n) is 8.52. The van der Waals surface area contributed by atoms with Gasteiger partial charge in [0, 0.05) is 5.02 Å². The van der Waals surface area contributed by atoms with Crippen LogP contribution in [0.2, 0.25) is 5.02 Å². The Morgan fingerprint density at radius 3 is 2.94 bits per heavy atom. The van der Waals surface area contributed by atoms with Gasteiger partial charge in [-0.05, 0) is 23.8 Å². The van der Waals surface area contributed by atoms with Crippen LogP contribution in [0.15, 0.2) is 24.3 Å². The van der Waals surface area contributed by atoms with Crippen molar-refractivity contribution in [2.75, 3.05) is 5.75 Å². The maximum atomic E-state index is 10.9. The van der Waals surface area contributed by atoms with Crippen LogP contribution >= 0.6 is 23.4 Å². The van der Waals surface area contributed by atoms with Crippen molar-refractivity contribution in [1.82, 2.24) is 5.32 Å². The van der Waals surface area contributed by atoms with Crippen molar-refractivity contribution in [1.29, 1.82) is 0 Å². The highest BCUT2D eigenvalue weighted by Gasteiger charge is 2.28. The molecule has 1 aromatic carbocycles. The Morgan fingerprint density at radius 2 is 2.25 bits per heavy atom. The molecule has 2 N–H and O–H groups in total. The lowest BCUT2D eigenvalue weighted by molar-refractivity contribution is -0.139. The minimum absolute atomic E-state index is 0.0245. The van der Waals surface area contributed by atoms with E-state index in [1.54, 1.807) is 11.8 Å². The monoisotopic (exact) mass is 257 g/mol. The van der Waals surface area contributed by atoms with Crippen LogP contribution < -0.4 is 5.32 Å². The Bertz CT molecular complexity index is 399. The summed E-state index contributed by atoms with van der Waals surface area (Å²) >= 11 is 7.78. The van der Waals surface area contributed by atoms with Gasteiger partial charge in [-0.2, -0.15) is 0 Å². The third-order valence-corrected chi connectivity index (χ3v) is 4.07. The van der Waals surface area contributed by atoms with Gasteiger partial charge in [0.15, 0.2) is 0 Å². The molecule has 1 aliphatic heterocycles. The molecule has 0 spiro atoms. The van der Waals surface area contributed by atoms with Crippen LogP contribution in [0.1, 0.15) is 17.4 Å². The molecule has 3 nitrogen and oxygen atoms in total. The molecular formula is C11H12ClNO2S. The highest BCUT2D eigenvalue weighted by molar-refractivity contribution is 7.99. The second kappa shape index (κ2) is 5.08. The average molecular weight is 258 g/mol. The summed E-state index contributed by atoms with van der Waals surface area (Å²) in [4.78, 5) is 10.9. The summed E-state index contributed by atoms with van der Waals surface area (Å²) in [5.41, 5.74) is 0.958. The van der Waals surface area contributed by atoms with E-state index < -0.39 is 12.0 Å². The van der Waals surface area contributed by atoms with Crippen molar-refractivity contribution in [3.8, 4) is 0 Å². The lowest BCUT2D eigenvalue weighted by Crippen LogP contribution is -2.41. The molecule has 0 aliphatic carbocycles. The minimum Gasteiger partial charge on any atom is -0.480 e. The number of benzene rings is 1. The number of aliphatic carboxylic acids is 1. The van der Waals surface area contributed by atoms with E-state index in [9.17, 15) is 4.79 Å². The Labute approximate surface area is 103 Å². The van der Waals surface area contributed by atoms with Gasteiger partial charge in [0.1, 0.15) is 6.04 Å². The van der Waals surface area contributed by atoms with Crippen LogP contribution in [-0.2, 0) is 4.79 Å². The molecule has 2 atom stereocenters. The summed E-state index contributed by atoms with van der Waals surface area (Å²) in [6, 6.07) is 7.06. The largest absolute Gasteiger partial charge is 0.480 e. The minimum atomic E-state index is -0.794. The summed E-state index contributed by atoms with van der Waals surface area (Å²) in [7, 11) is 0. The van der Waals surface area contributed by atoms with E-state index in [1.165, 1.54) is 0 Å². The molecular weight excluding hydrogens is 246 g/mol. The highest BCUT2D eigenvalue weighted by Crippen LogP contribution is 2.35. The molecule has 1 fully saturated rings.